The standard InChI is InChI=1S/C18H17N3/c1-2-7-17-14(4-1)5-3-6-16(17)11-21-9-8-15-10-19-13-20-18(15)12-21/h1-7,10,13H,8-9,11-12H2. The Morgan fingerprint density at radius 2 is 1.95 bits per heavy atom. The van der Waals surface area contributed by atoms with Crippen molar-refractivity contribution in [3.8, 4) is 0 Å². The second-order valence-corrected chi connectivity index (χ2v) is 5.59. The summed E-state index contributed by atoms with van der Waals surface area (Å²) in [5.41, 5.74) is 3.87. The summed E-state index contributed by atoms with van der Waals surface area (Å²) in [6, 6.07) is 15.2. The molecule has 2 heterocycles. The van der Waals surface area contributed by atoms with Gasteiger partial charge in [0.1, 0.15) is 6.33 Å². The van der Waals surface area contributed by atoms with Gasteiger partial charge in [-0.3, -0.25) is 4.90 Å². The molecule has 0 N–H and O–H groups in total. The smallest absolute Gasteiger partial charge is 0.115 e. The molecule has 3 heteroatoms. The molecule has 1 aliphatic heterocycles. The van der Waals surface area contributed by atoms with Crippen molar-refractivity contribution in [3.05, 3.63) is 71.8 Å². The summed E-state index contributed by atoms with van der Waals surface area (Å²) in [5, 5.41) is 2.67. The second-order valence-electron chi connectivity index (χ2n) is 5.59. The molecule has 0 amide bonds. The van der Waals surface area contributed by atoms with Crippen LogP contribution < -0.4 is 0 Å². The zero-order chi connectivity index (χ0) is 14.1. The van der Waals surface area contributed by atoms with Crippen LogP contribution in [-0.2, 0) is 19.5 Å². The topological polar surface area (TPSA) is 29.0 Å². The summed E-state index contributed by atoms with van der Waals surface area (Å²) >= 11 is 0. The average Bonchev–Trinajstić information content (AvgIpc) is 2.55. The highest BCUT2D eigenvalue weighted by atomic mass is 15.1. The quantitative estimate of drug-likeness (QED) is 0.719. The van der Waals surface area contributed by atoms with Crippen molar-refractivity contribution >= 4 is 10.8 Å². The largest absolute Gasteiger partial charge is 0.293 e. The predicted molar refractivity (Wildman–Crippen MR) is 83.8 cm³/mol. The van der Waals surface area contributed by atoms with Gasteiger partial charge in [0.15, 0.2) is 0 Å². The number of nitrogens with zero attached hydrogens (tertiary/aromatic N) is 3. The maximum absolute atomic E-state index is 4.42. The van der Waals surface area contributed by atoms with Crippen LogP contribution in [0.15, 0.2) is 55.0 Å². The maximum Gasteiger partial charge on any atom is 0.115 e. The second kappa shape index (κ2) is 5.26. The minimum absolute atomic E-state index is 0.918. The Balaban J connectivity index is 1.62. The van der Waals surface area contributed by atoms with Gasteiger partial charge in [-0.1, -0.05) is 42.5 Å². The van der Waals surface area contributed by atoms with E-state index in [-0.39, 0.29) is 0 Å². The summed E-state index contributed by atoms with van der Waals surface area (Å²) in [7, 11) is 0. The van der Waals surface area contributed by atoms with Crippen molar-refractivity contribution in [1.29, 1.82) is 0 Å². The Kier molecular flexibility index (Phi) is 3.13. The number of rotatable bonds is 2. The first kappa shape index (κ1) is 12.5. The highest BCUT2D eigenvalue weighted by Gasteiger charge is 2.17. The highest BCUT2D eigenvalue weighted by molar-refractivity contribution is 5.85. The van der Waals surface area contributed by atoms with Gasteiger partial charge in [-0.05, 0) is 28.3 Å². The van der Waals surface area contributed by atoms with Crippen LogP contribution in [0.1, 0.15) is 16.8 Å². The van der Waals surface area contributed by atoms with Crippen molar-refractivity contribution in [2.24, 2.45) is 0 Å². The summed E-state index contributed by atoms with van der Waals surface area (Å²) < 4.78 is 0. The number of fused-ring (bicyclic) bond motifs is 2. The van der Waals surface area contributed by atoms with Gasteiger partial charge in [0.25, 0.3) is 0 Å². The van der Waals surface area contributed by atoms with Crippen molar-refractivity contribution in [1.82, 2.24) is 14.9 Å². The minimum atomic E-state index is 0.918. The lowest BCUT2D eigenvalue weighted by molar-refractivity contribution is 0.242. The van der Waals surface area contributed by atoms with Crippen molar-refractivity contribution in [2.45, 2.75) is 19.5 Å². The normalized spacial score (nSPS) is 15.0. The third-order valence-electron chi connectivity index (χ3n) is 4.23. The molecule has 1 aliphatic rings. The lowest BCUT2D eigenvalue weighted by Gasteiger charge is -2.28. The van der Waals surface area contributed by atoms with E-state index in [1.807, 2.05) is 6.20 Å². The van der Waals surface area contributed by atoms with Crippen LogP contribution in [0.4, 0.5) is 0 Å². The molecule has 1 aromatic heterocycles. The van der Waals surface area contributed by atoms with E-state index in [0.29, 0.717) is 0 Å². The van der Waals surface area contributed by atoms with Crippen molar-refractivity contribution in [2.75, 3.05) is 6.54 Å². The first-order valence-electron chi connectivity index (χ1n) is 7.37. The van der Waals surface area contributed by atoms with Crippen LogP contribution in [0, 0.1) is 0 Å². The minimum Gasteiger partial charge on any atom is -0.293 e. The Morgan fingerprint density at radius 3 is 2.95 bits per heavy atom. The summed E-state index contributed by atoms with van der Waals surface area (Å²) in [4.78, 5) is 11.0. The number of aromatic nitrogens is 2. The third kappa shape index (κ3) is 2.41. The number of hydrogen-bond acceptors (Lipinski definition) is 3. The molecule has 21 heavy (non-hydrogen) atoms. The van der Waals surface area contributed by atoms with Gasteiger partial charge in [-0.2, -0.15) is 0 Å². The Labute approximate surface area is 124 Å². The monoisotopic (exact) mass is 275 g/mol. The Hall–Kier alpha value is -2.26. The highest BCUT2D eigenvalue weighted by Crippen LogP contribution is 2.23. The van der Waals surface area contributed by atoms with Gasteiger partial charge in [0, 0.05) is 25.8 Å². The van der Waals surface area contributed by atoms with Gasteiger partial charge < -0.3 is 0 Å². The Bertz CT molecular complexity index is 777. The summed E-state index contributed by atoms with van der Waals surface area (Å²) in [6.45, 7) is 2.97. The first-order valence-corrected chi connectivity index (χ1v) is 7.37. The van der Waals surface area contributed by atoms with Gasteiger partial charge in [-0.25, -0.2) is 9.97 Å². The fourth-order valence-corrected chi connectivity index (χ4v) is 3.11. The zero-order valence-corrected chi connectivity index (χ0v) is 11.9. The summed E-state index contributed by atoms with van der Waals surface area (Å²) in [5.74, 6) is 0. The van der Waals surface area contributed by atoms with E-state index < -0.39 is 0 Å². The SMILES string of the molecule is c1ccc2c(CN3CCc4cncnc4C3)cccc2c1. The molecule has 0 saturated carbocycles. The molecule has 0 unspecified atom stereocenters. The fraction of sp³-hybridized carbons (Fsp3) is 0.222. The third-order valence-corrected chi connectivity index (χ3v) is 4.23. The molecule has 3 nitrogen and oxygen atoms in total. The molecule has 2 aromatic carbocycles. The molecule has 0 bridgehead atoms. The van der Waals surface area contributed by atoms with Crippen LogP contribution in [0.25, 0.3) is 10.8 Å². The van der Waals surface area contributed by atoms with Gasteiger partial charge in [0.2, 0.25) is 0 Å². The molecule has 4 rings (SSSR count). The van der Waals surface area contributed by atoms with E-state index in [4.69, 9.17) is 0 Å². The van der Waals surface area contributed by atoms with E-state index in [9.17, 15) is 0 Å². The zero-order valence-electron chi connectivity index (χ0n) is 11.9. The maximum atomic E-state index is 4.42. The summed E-state index contributed by atoms with van der Waals surface area (Å²) in [6.07, 6.45) is 4.65. The molecule has 0 fully saturated rings. The Morgan fingerprint density at radius 1 is 1.05 bits per heavy atom. The van der Waals surface area contributed by atoms with Crippen molar-refractivity contribution < 1.29 is 0 Å². The molecular weight excluding hydrogens is 258 g/mol. The molecule has 0 radical (unpaired) electrons. The molecular formula is C18H17N3. The van der Waals surface area contributed by atoms with E-state index in [0.717, 1.165) is 26.1 Å². The van der Waals surface area contributed by atoms with Crippen LogP contribution >= 0.6 is 0 Å². The molecule has 0 aliphatic carbocycles. The number of benzene rings is 2. The molecule has 0 atom stereocenters. The van der Waals surface area contributed by atoms with E-state index >= 15 is 0 Å². The van der Waals surface area contributed by atoms with E-state index in [1.54, 1.807) is 6.33 Å². The van der Waals surface area contributed by atoms with Crippen molar-refractivity contribution in [3.63, 3.8) is 0 Å². The lowest BCUT2D eigenvalue weighted by atomic mass is 10.0. The number of hydrogen-bond donors (Lipinski definition) is 0. The van der Waals surface area contributed by atoms with Crippen LogP contribution in [0.5, 0.6) is 0 Å². The van der Waals surface area contributed by atoms with Crippen LogP contribution in [0.2, 0.25) is 0 Å². The molecule has 0 saturated heterocycles. The van der Waals surface area contributed by atoms with E-state index in [2.05, 4.69) is 57.3 Å². The van der Waals surface area contributed by atoms with Gasteiger partial charge >= 0.3 is 0 Å². The molecule has 104 valence electrons. The van der Waals surface area contributed by atoms with E-state index in [1.165, 1.54) is 27.6 Å². The first-order chi connectivity index (χ1) is 10.4. The molecule has 0 spiro atoms. The lowest BCUT2D eigenvalue weighted by Crippen LogP contribution is -2.30. The van der Waals surface area contributed by atoms with Gasteiger partial charge in [-0.15, -0.1) is 0 Å². The van der Waals surface area contributed by atoms with Crippen LogP contribution in [-0.4, -0.2) is 21.4 Å². The average molecular weight is 275 g/mol. The van der Waals surface area contributed by atoms with Gasteiger partial charge in [0.05, 0.1) is 5.69 Å². The molecule has 3 aromatic rings. The van der Waals surface area contributed by atoms with Crippen LogP contribution in [0.3, 0.4) is 0 Å². The predicted octanol–water partition coefficient (Wildman–Crippen LogP) is 3.19. The fourth-order valence-electron chi connectivity index (χ4n) is 3.11.